The molecule has 0 unspecified atom stereocenters. The maximum Gasteiger partial charge on any atom is 0.194 e. The lowest BCUT2D eigenvalue weighted by molar-refractivity contribution is 0.0816. The zero-order chi connectivity index (χ0) is 15.0. The van der Waals surface area contributed by atoms with E-state index >= 15 is 0 Å². The molecule has 21 heavy (non-hydrogen) atoms. The molecular formula is C16H20N2O2S. The Morgan fingerprint density at radius 2 is 2.14 bits per heavy atom. The molecule has 1 aromatic carbocycles. The van der Waals surface area contributed by atoms with Gasteiger partial charge >= 0.3 is 0 Å². The molecule has 0 atom stereocenters. The van der Waals surface area contributed by atoms with Crippen molar-refractivity contribution in [2.75, 3.05) is 13.2 Å². The highest BCUT2D eigenvalue weighted by Gasteiger charge is 2.19. The first-order valence-electron chi connectivity index (χ1n) is 7.08. The minimum Gasteiger partial charge on any atom is -0.394 e. The van der Waals surface area contributed by atoms with Gasteiger partial charge in [0.05, 0.1) is 35.7 Å². The van der Waals surface area contributed by atoms with Crippen LogP contribution in [0.25, 0.3) is 15.2 Å². The largest absolute Gasteiger partial charge is 0.394 e. The quantitative estimate of drug-likeness (QED) is 0.752. The molecule has 0 aliphatic carbocycles. The number of aliphatic hydroxyl groups is 1. The lowest BCUT2D eigenvalue weighted by Crippen LogP contribution is -2.11. The zero-order valence-electron chi connectivity index (χ0n) is 12.6. The van der Waals surface area contributed by atoms with E-state index in [1.807, 2.05) is 0 Å². The Kier molecular flexibility index (Phi) is 3.73. The van der Waals surface area contributed by atoms with Crippen LogP contribution in [-0.2, 0) is 16.8 Å². The van der Waals surface area contributed by atoms with Crippen LogP contribution in [0.3, 0.4) is 0 Å². The Labute approximate surface area is 128 Å². The van der Waals surface area contributed by atoms with Crippen molar-refractivity contribution in [2.45, 2.75) is 32.8 Å². The third-order valence-electron chi connectivity index (χ3n) is 3.43. The summed E-state index contributed by atoms with van der Waals surface area (Å²) in [5, 5.41) is 8.74. The first kappa shape index (κ1) is 14.5. The van der Waals surface area contributed by atoms with E-state index in [1.54, 1.807) is 11.3 Å². The third kappa shape index (κ3) is 2.81. The van der Waals surface area contributed by atoms with Gasteiger partial charge in [0.2, 0.25) is 0 Å². The van der Waals surface area contributed by atoms with Gasteiger partial charge in [0.1, 0.15) is 0 Å². The molecule has 0 saturated carbocycles. The third-order valence-corrected chi connectivity index (χ3v) is 4.45. The molecule has 0 radical (unpaired) electrons. The van der Waals surface area contributed by atoms with Gasteiger partial charge < -0.3 is 9.84 Å². The Morgan fingerprint density at radius 1 is 1.33 bits per heavy atom. The number of benzene rings is 1. The lowest BCUT2D eigenvalue weighted by atomic mass is 9.93. The predicted molar refractivity (Wildman–Crippen MR) is 86.0 cm³/mol. The SMILES string of the molecule is CC(C)(C)c1cn2c(n1)sc1cc(COCCO)ccc12. The molecule has 5 heteroatoms. The standard InChI is InChI=1S/C16H20N2O2S/c1-16(2,3)14-9-18-12-5-4-11(10-20-7-6-19)8-13(12)21-15(18)17-14/h4-5,8-9,19H,6-7,10H2,1-3H3. The summed E-state index contributed by atoms with van der Waals surface area (Å²) in [7, 11) is 0. The first-order chi connectivity index (χ1) is 9.99. The number of rotatable bonds is 4. The van der Waals surface area contributed by atoms with E-state index in [1.165, 1.54) is 10.2 Å². The molecule has 0 amide bonds. The van der Waals surface area contributed by atoms with E-state index < -0.39 is 0 Å². The van der Waals surface area contributed by atoms with E-state index in [-0.39, 0.29) is 12.0 Å². The summed E-state index contributed by atoms with van der Waals surface area (Å²) in [5.41, 5.74) is 3.49. The Bertz CT molecular complexity index is 768. The highest BCUT2D eigenvalue weighted by Crippen LogP contribution is 2.30. The highest BCUT2D eigenvalue weighted by molar-refractivity contribution is 7.23. The topological polar surface area (TPSA) is 46.8 Å². The molecule has 0 aliphatic rings. The summed E-state index contributed by atoms with van der Waals surface area (Å²) >= 11 is 1.70. The Hall–Kier alpha value is -1.43. The maximum atomic E-state index is 8.74. The monoisotopic (exact) mass is 304 g/mol. The molecule has 0 fully saturated rings. The number of aliphatic hydroxyl groups excluding tert-OH is 1. The van der Waals surface area contributed by atoms with Crippen LogP contribution in [0, 0.1) is 0 Å². The van der Waals surface area contributed by atoms with E-state index in [0.29, 0.717) is 13.2 Å². The Morgan fingerprint density at radius 3 is 2.86 bits per heavy atom. The van der Waals surface area contributed by atoms with E-state index in [0.717, 1.165) is 16.2 Å². The summed E-state index contributed by atoms with van der Waals surface area (Å²) in [6.45, 7) is 7.50. The van der Waals surface area contributed by atoms with Gasteiger partial charge in [0.25, 0.3) is 0 Å². The summed E-state index contributed by atoms with van der Waals surface area (Å²) in [6, 6.07) is 6.33. The molecule has 0 aliphatic heterocycles. The number of nitrogens with zero attached hydrogens (tertiary/aromatic N) is 2. The molecule has 0 bridgehead atoms. The van der Waals surface area contributed by atoms with Crippen molar-refractivity contribution in [3.8, 4) is 0 Å². The minimum atomic E-state index is 0.0602. The summed E-state index contributed by atoms with van der Waals surface area (Å²) in [4.78, 5) is 5.77. The molecule has 4 nitrogen and oxygen atoms in total. The second-order valence-corrected chi connectivity index (χ2v) is 7.22. The van der Waals surface area contributed by atoms with Crippen LogP contribution in [0.15, 0.2) is 24.4 Å². The lowest BCUT2D eigenvalue weighted by Gasteiger charge is -2.13. The summed E-state index contributed by atoms with van der Waals surface area (Å²) in [6.07, 6.45) is 2.14. The number of ether oxygens (including phenoxy) is 1. The number of imidazole rings is 1. The summed E-state index contributed by atoms with van der Waals surface area (Å²) in [5.74, 6) is 0. The fourth-order valence-corrected chi connectivity index (χ4v) is 3.32. The van der Waals surface area contributed by atoms with Gasteiger partial charge in [-0.2, -0.15) is 0 Å². The van der Waals surface area contributed by atoms with Crippen LogP contribution in [-0.4, -0.2) is 27.7 Å². The van der Waals surface area contributed by atoms with Gasteiger partial charge in [-0.3, -0.25) is 4.40 Å². The number of hydrogen-bond donors (Lipinski definition) is 1. The average molecular weight is 304 g/mol. The molecule has 2 heterocycles. The molecule has 0 spiro atoms. The van der Waals surface area contributed by atoms with Crippen LogP contribution >= 0.6 is 11.3 Å². The Balaban J connectivity index is 1.97. The maximum absolute atomic E-state index is 8.74. The molecule has 3 rings (SSSR count). The second-order valence-electron chi connectivity index (χ2n) is 6.21. The zero-order valence-corrected chi connectivity index (χ0v) is 13.4. The van der Waals surface area contributed by atoms with Gasteiger partial charge in [-0.25, -0.2) is 4.98 Å². The molecule has 2 aromatic heterocycles. The van der Waals surface area contributed by atoms with E-state index in [9.17, 15) is 0 Å². The van der Waals surface area contributed by atoms with Crippen molar-refractivity contribution in [1.29, 1.82) is 0 Å². The normalized spacial score (nSPS) is 12.6. The van der Waals surface area contributed by atoms with Crippen LogP contribution in [0.2, 0.25) is 0 Å². The van der Waals surface area contributed by atoms with Gasteiger partial charge in [-0.1, -0.05) is 38.2 Å². The van der Waals surface area contributed by atoms with Gasteiger partial charge in [0, 0.05) is 11.6 Å². The first-order valence-corrected chi connectivity index (χ1v) is 7.90. The average Bonchev–Trinajstić information content (AvgIpc) is 2.95. The minimum absolute atomic E-state index is 0.0602. The van der Waals surface area contributed by atoms with E-state index in [4.69, 9.17) is 14.8 Å². The van der Waals surface area contributed by atoms with Crippen LogP contribution in [0.4, 0.5) is 0 Å². The van der Waals surface area contributed by atoms with Crippen molar-refractivity contribution in [1.82, 2.24) is 9.38 Å². The van der Waals surface area contributed by atoms with Crippen molar-refractivity contribution in [3.05, 3.63) is 35.7 Å². The van der Waals surface area contributed by atoms with Crippen molar-refractivity contribution in [3.63, 3.8) is 0 Å². The van der Waals surface area contributed by atoms with Crippen molar-refractivity contribution >= 4 is 26.5 Å². The molecule has 3 aromatic rings. The fraction of sp³-hybridized carbons (Fsp3) is 0.438. The van der Waals surface area contributed by atoms with E-state index in [2.05, 4.69) is 49.6 Å². The number of thiazole rings is 1. The number of aromatic nitrogens is 2. The van der Waals surface area contributed by atoms with Crippen LogP contribution in [0.5, 0.6) is 0 Å². The van der Waals surface area contributed by atoms with Crippen molar-refractivity contribution in [2.24, 2.45) is 0 Å². The van der Waals surface area contributed by atoms with Crippen LogP contribution in [0.1, 0.15) is 32.0 Å². The number of fused-ring (bicyclic) bond motifs is 3. The second kappa shape index (κ2) is 5.40. The molecule has 1 N–H and O–H groups in total. The summed E-state index contributed by atoms with van der Waals surface area (Å²) < 4.78 is 8.75. The molecule has 0 saturated heterocycles. The van der Waals surface area contributed by atoms with Crippen LogP contribution < -0.4 is 0 Å². The number of hydrogen-bond acceptors (Lipinski definition) is 4. The molecule has 112 valence electrons. The van der Waals surface area contributed by atoms with Crippen molar-refractivity contribution < 1.29 is 9.84 Å². The smallest absolute Gasteiger partial charge is 0.194 e. The predicted octanol–water partition coefficient (Wildman–Crippen LogP) is 3.36. The molecular weight excluding hydrogens is 284 g/mol. The van der Waals surface area contributed by atoms with Gasteiger partial charge in [-0.15, -0.1) is 0 Å². The fourth-order valence-electron chi connectivity index (χ4n) is 2.25. The highest BCUT2D eigenvalue weighted by atomic mass is 32.1. The van der Waals surface area contributed by atoms with Gasteiger partial charge in [0.15, 0.2) is 4.96 Å². The van der Waals surface area contributed by atoms with Gasteiger partial charge in [-0.05, 0) is 17.7 Å².